The van der Waals surface area contributed by atoms with Gasteiger partial charge >= 0.3 is 0 Å². The quantitative estimate of drug-likeness (QED) is 0.695. The third kappa shape index (κ3) is 3.54. The predicted octanol–water partition coefficient (Wildman–Crippen LogP) is 0.884. The molecule has 1 amide bonds. The van der Waals surface area contributed by atoms with Gasteiger partial charge in [-0.1, -0.05) is 11.8 Å². The van der Waals surface area contributed by atoms with E-state index < -0.39 is 5.25 Å². The van der Waals surface area contributed by atoms with Crippen molar-refractivity contribution in [3.05, 3.63) is 18.2 Å². The SMILES string of the molecule is CC(Sc1nc(N)nc(N)n1)C(=O)Nc1ccc2c(c1)OCO2. The highest BCUT2D eigenvalue weighted by Gasteiger charge is 2.19. The first kappa shape index (κ1) is 15.2. The molecule has 2 aromatic rings. The van der Waals surface area contributed by atoms with Gasteiger partial charge in [0.2, 0.25) is 24.6 Å². The van der Waals surface area contributed by atoms with Crippen molar-refractivity contribution in [2.75, 3.05) is 23.6 Å². The lowest BCUT2D eigenvalue weighted by molar-refractivity contribution is -0.115. The fourth-order valence-corrected chi connectivity index (χ4v) is 2.65. The lowest BCUT2D eigenvalue weighted by Crippen LogP contribution is -2.22. The van der Waals surface area contributed by atoms with E-state index in [0.29, 0.717) is 22.3 Å². The Kier molecular flexibility index (Phi) is 4.06. The van der Waals surface area contributed by atoms with Crippen LogP contribution < -0.4 is 26.3 Å². The Morgan fingerprint density at radius 1 is 1.22 bits per heavy atom. The van der Waals surface area contributed by atoms with E-state index >= 15 is 0 Å². The van der Waals surface area contributed by atoms with Gasteiger partial charge in [0.25, 0.3) is 0 Å². The van der Waals surface area contributed by atoms with Gasteiger partial charge in [0.15, 0.2) is 16.7 Å². The van der Waals surface area contributed by atoms with Crippen LogP contribution in [0.15, 0.2) is 23.4 Å². The summed E-state index contributed by atoms with van der Waals surface area (Å²) in [6.45, 7) is 1.91. The van der Waals surface area contributed by atoms with Crippen molar-refractivity contribution >= 4 is 35.3 Å². The molecule has 10 heteroatoms. The largest absolute Gasteiger partial charge is 0.454 e. The van der Waals surface area contributed by atoms with E-state index in [1.165, 1.54) is 0 Å². The van der Waals surface area contributed by atoms with Gasteiger partial charge in [0.1, 0.15) is 0 Å². The van der Waals surface area contributed by atoms with Gasteiger partial charge < -0.3 is 26.3 Å². The number of rotatable bonds is 4. The maximum Gasteiger partial charge on any atom is 0.237 e. The number of thioether (sulfide) groups is 1. The van der Waals surface area contributed by atoms with Crippen LogP contribution in [0.3, 0.4) is 0 Å². The molecule has 1 aliphatic heterocycles. The number of nitrogens with one attached hydrogen (secondary N) is 1. The molecule has 1 unspecified atom stereocenters. The Hall–Kier alpha value is -2.75. The molecule has 9 nitrogen and oxygen atoms in total. The average Bonchev–Trinajstić information content (AvgIpc) is 2.93. The van der Waals surface area contributed by atoms with Crippen LogP contribution in [0.2, 0.25) is 0 Å². The molecule has 1 atom stereocenters. The summed E-state index contributed by atoms with van der Waals surface area (Å²) in [5, 5.41) is 2.63. The molecule has 0 spiro atoms. The highest BCUT2D eigenvalue weighted by Crippen LogP contribution is 2.34. The van der Waals surface area contributed by atoms with Crippen molar-refractivity contribution in [3.8, 4) is 11.5 Å². The van der Waals surface area contributed by atoms with E-state index in [1.54, 1.807) is 25.1 Å². The van der Waals surface area contributed by atoms with Gasteiger partial charge in [-0.15, -0.1) is 0 Å². The third-order valence-corrected chi connectivity index (χ3v) is 3.90. The van der Waals surface area contributed by atoms with Crippen LogP contribution in [0.5, 0.6) is 11.5 Å². The summed E-state index contributed by atoms with van der Waals surface area (Å²) in [6, 6.07) is 5.18. The summed E-state index contributed by atoms with van der Waals surface area (Å²) in [7, 11) is 0. The first-order valence-corrected chi connectivity index (χ1v) is 7.53. The van der Waals surface area contributed by atoms with Crippen LogP contribution in [0.1, 0.15) is 6.92 Å². The zero-order valence-electron chi connectivity index (χ0n) is 12.1. The number of nitrogens with two attached hydrogens (primary N) is 2. The summed E-state index contributed by atoms with van der Waals surface area (Å²) < 4.78 is 10.5. The minimum atomic E-state index is -0.457. The maximum absolute atomic E-state index is 12.2. The smallest absolute Gasteiger partial charge is 0.237 e. The van der Waals surface area contributed by atoms with E-state index in [2.05, 4.69) is 20.3 Å². The van der Waals surface area contributed by atoms with Gasteiger partial charge in [-0.25, -0.2) is 0 Å². The monoisotopic (exact) mass is 334 g/mol. The summed E-state index contributed by atoms with van der Waals surface area (Å²) in [6.07, 6.45) is 0. The molecular formula is C13H14N6O3S. The lowest BCUT2D eigenvalue weighted by Gasteiger charge is -2.11. The first-order valence-electron chi connectivity index (χ1n) is 6.65. The van der Waals surface area contributed by atoms with E-state index in [1.807, 2.05) is 0 Å². The Labute approximate surface area is 135 Å². The number of nitrogens with zero attached hydrogens (tertiary/aromatic N) is 3. The summed E-state index contributed by atoms with van der Waals surface area (Å²) in [5.74, 6) is 1.07. The lowest BCUT2D eigenvalue weighted by atomic mass is 10.2. The van der Waals surface area contributed by atoms with E-state index in [0.717, 1.165) is 11.8 Å². The van der Waals surface area contributed by atoms with Crippen LogP contribution in [0.25, 0.3) is 0 Å². The summed E-state index contributed by atoms with van der Waals surface area (Å²) in [4.78, 5) is 23.8. The molecule has 1 aliphatic rings. The summed E-state index contributed by atoms with van der Waals surface area (Å²) >= 11 is 1.13. The van der Waals surface area contributed by atoms with Crippen LogP contribution >= 0.6 is 11.8 Å². The number of anilines is 3. The molecule has 23 heavy (non-hydrogen) atoms. The molecule has 2 heterocycles. The van der Waals surface area contributed by atoms with Gasteiger partial charge in [-0.3, -0.25) is 4.79 Å². The fraction of sp³-hybridized carbons (Fsp3) is 0.231. The van der Waals surface area contributed by atoms with E-state index in [4.69, 9.17) is 20.9 Å². The summed E-state index contributed by atoms with van der Waals surface area (Å²) in [5.41, 5.74) is 11.6. The second kappa shape index (κ2) is 6.16. The maximum atomic E-state index is 12.2. The van der Waals surface area contributed by atoms with Gasteiger partial charge in [0.05, 0.1) is 5.25 Å². The number of hydrogen-bond donors (Lipinski definition) is 3. The molecule has 0 radical (unpaired) electrons. The number of hydrogen-bond acceptors (Lipinski definition) is 9. The molecule has 0 saturated heterocycles. The van der Waals surface area contributed by atoms with E-state index in [-0.39, 0.29) is 24.6 Å². The minimum Gasteiger partial charge on any atom is -0.454 e. The van der Waals surface area contributed by atoms with Gasteiger partial charge in [-0.05, 0) is 19.1 Å². The number of aromatic nitrogens is 3. The number of benzene rings is 1. The van der Waals surface area contributed by atoms with Crippen LogP contribution in [0.4, 0.5) is 17.6 Å². The van der Waals surface area contributed by atoms with Crippen molar-refractivity contribution in [2.24, 2.45) is 0 Å². The molecule has 0 saturated carbocycles. The van der Waals surface area contributed by atoms with Crippen molar-refractivity contribution < 1.29 is 14.3 Å². The average molecular weight is 334 g/mol. The van der Waals surface area contributed by atoms with Gasteiger partial charge in [-0.2, -0.15) is 15.0 Å². The molecule has 1 aromatic carbocycles. The number of ether oxygens (including phenoxy) is 2. The number of carbonyl (C=O) groups is 1. The number of nitrogen functional groups attached to an aromatic ring is 2. The van der Waals surface area contributed by atoms with Crippen molar-refractivity contribution in [1.82, 2.24) is 15.0 Å². The third-order valence-electron chi connectivity index (χ3n) is 2.94. The fourth-order valence-electron chi connectivity index (χ4n) is 1.87. The molecule has 5 N–H and O–H groups in total. The second-order valence-corrected chi connectivity index (χ2v) is 5.96. The topological polar surface area (TPSA) is 138 Å². The molecule has 0 bridgehead atoms. The van der Waals surface area contributed by atoms with Crippen LogP contribution in [-0.2, 0) is 4.79 Å². The van der Waals surface area contributed by atoms with E-state index in [9.17, 15) is 4.79 Å². The molecule has 0 fully saturated rings. The highest BCUT2D eigenvalue weighted by molar-refractivity contribution is 8.00. The Bertz CT molecular complexity index is 736. The predicted molar refractivity (Wildman–Crippen MR) is 85.2 cm³/mol. The molecular weight excluding hydrogens is 320 g/mol. The molecule has 0 aliphatic carbocycles. The highest BCUT2D eigenvalue weighted by atomic mass is 32.2. The molecule has 120 valence electrons. The van der Waals surface area contributed by atoms with Crippen molar-refractivity contribution in [1.29, 1.82) is 0 Å². The first-order chi connectivity index (χ1) is 11.0. The number of carbonyl (C=O) groups excluding carboxylic acids is 1. The Balaban J connectivity index is 1.65. The number of amides is 1. The normalized spacial score (nSPS) is 13.6. The number of fused-ring (bicyclic) bond motifs is 1. The minimum absolute atomic E-state index is 0.0170. The van der Waals surface area contributed by atoms with Gasteiger partial charge in [0, 0.05) is 11.8 Å². The zero-order chi connectivity index (χ0) is 16.4. The molecule has 3 rings (SSSR count). The van der Waals surface area contributed by atoms with Crippen molar-refractivity contribution in [2.45, 2.75) is 17.3 Å². The molecule has 1 aromatic heterocycles. The Morgan fingerprint density at radius 2 is 1.91 bits per heavy atom. The van der Waals surface area contributed by atoms with Crippen LogP contribution in [0, 0.1) is 0 Å². The van der Waals surface area contributed by atoms with Crippen molar-refractivity contribution in [3.63, 3.8) is 0 Å². The zero-order valence-corrected chi connectivity index (χ0v) is 13.0. The standard InChI is InChI=1S/C13H14N6O3S/c1-6(23-13-18-11(14)17-12(15)19-13)10(20)16-7-2-3-8-9(4-7)22-5-21-8/h2-4,6H,5H2,1H3,(H,16,20)(H4,14,15,17,18,19). The Morgan fingerprint density at radius 3 is 2.65 bits per heavy atom. The van der Waals surface area contributed by atoms with Crippen LogP contribution in [-0.4, -0.2) is 32.9 Å². The second-order valence-electron chi connectivity index (χ2n) is 4.65.